The number of nitrogens with one attached hydrogen (secondary N) is 2. The third kappa shape index (κ3) is 2.95. The van der Waals surface area contributed by atoms with E-state index in [1.807, 2.05) is 7.05 Å². The molecule has 6 nitrogen and oxygen atoms in total. The van der Waals surface area contributed by atoms with Gasteiger partial charge < -0.3 is 10.6 Å². The van der Waals surface area contributed by atoms with E-state index in [1.165, 1.54) is 6.42 Å². The van der Waals surface area contributed by atoms with Crippen LogP contribution in [-0.4, -0.2) is 33.4 Å². The summed E-state index contributed by atoms with van der Waals surface area (Å²) in [6, 6.07) is 0.300. The van der Waals surface area contributed by atoms with Gasteiger partial charge in [-0.05, 0) is 19.3 Å². The molecule has 0 bridgehead atoms. The molecule has 1 fully saturated rings. The molecule has 6 heteroatoms. The molecule has 1 aromatic rings. The molecule has 1 aliphatic rings. The fraction of sp³-hybridized carbons (Fsp3) is 0.700. The van der Waals surface area contributed by atoms with Gasteiger partial charge in [0.15, 0.2) is 5.82 Å². The minimum Gasteiger partial charge on any atom is -0.338 e. The number of aryl methyl sites for hydroxylation is 1. The fourth-order valence-electron chi connectivity index (χ4n) is 1.58. The number of nitrogens with zero attached hydrogens (tertiary/aromatic N) is 3. The van der Waals surface area contributed by atoms with Crippen LogP contribution in [0.15, 0.2) is 6.33 Å². The number of aromatic nitrogens is 3. The van der Waals surface area contributed by atoms with Crippen LogP contribution in [0.2, 0.25) is 0 Å². The second kappa shape index (κ2) is 4.96. The van der Waals surface area contributed by atoms with Crippen molar-refractivity contribution in [3.63, 3.8) is 0 Å². The Hall–Kier alpha value is -1.59. The Morgan fingerprint density at radius 3 is 3.00 bits per heavy atom. The molecule has 2 rings (SSSR count). The summed E-state index contributed by atoms with van der Waals surface area (Å²) in [5.41, 5.74) is 0. The molecule has 0 saturated heterocycles. The van der Waals surface area contributed by atoms with E-state index in [4.69, 9.17) is 0 Å². The number of urea groups is 1. The molecule has 1 heterocycles. The molecule has 0 aromatic carbocycles. The predicted octanol–water partition coefficient (Wildman–Crippen LogP) is 0.209. The molecule has 0 atom stereocenters. The average Bonchev–Trinajstić information content (AvgIpc) is 2.58. The molecule has 0 unspecified atom stereocenters. The van der Waals surface area contributed by atoms with Gasteiger partial charge in [0.05, 0.1) is 0 Å². The largest absolute Gasteiger partial charge is 0.338 e. The van der Waals surface area contributed by atoms with Crippen LogP contribution in [0.3, 0.4) is 0 Å². The standard InChI is InChI=1S/C10H17N5O/c1-15-7-12-9(14-15)5-6-11-10(16)13-8-3-2-4-8/h7-8H,2-6H2,1H3,(H2,11,13,16). The number of hydrogen-bond donors (Lipinski definition) is 2. The zero-order chi connectivity index (χ0) is 11.4. The Balaban J connectivity index is 1.61. The quantitative estimate of drug-likeness (QED) is 0.766. The van der Waals surface area contributed by atoms with Crippen LogP contribution in [-0.2, 0) is 13.5 Å². The second-order valence-electron chi connectivity index (χ2n) is 4.11. The summed E-state index contributed by atoms with van der Waals surface area (Å²) in [6.07, 6.45) is 5.76. The topological polar surface area (TPSA) is 71.8 Å². The van der Waals surface area contributed by atoms with Crippen molar-refractivity contribution in [1.82, 2.24) is 25.4 Å². The molecule has 1 aromatic heterocycles. The van der Waals surface area contributed by atoms with E-state index < -0.39 is 0 Å². The SMILES string of the molecule is Cn1cnc(CCNC(=O)NC2CCC2)n1. The average molecular weight is 223 g/mol. The lowest BCUT2D eigenvalue weighted by Gasteiger charge is -2.26. The molecule has 1 saturated carbocycles. The molecular formula is C10H17N5O. The Morgan fingerprint density at radius 2 is 2.44 bits per heavy atom. The van der Waals surface area contributed by atoms with Gasteiger partial charge in [-0.2, -0.15) is 5.10 Å². The van der Waals surface area contributed by atoms with Crippen molar-refractivity contribution in [2.45, 2.75) is 31.7 Å². The molecule has 16 heavy (non-hydrogen) atoms. The summed E-state index contributed by atoms with van der Waals surface area (Å²) in [6.45, 7) is 0.572. The van der Waals surface area contributed by atoms with Crippen LogP contribution in [0.25, 0.3) is 0 Å². The Labute approximate surface area is 94.4 Å². The molecule has 2 N–H and O–H groups in total. The van der Waals surface area contributed by atoms with Gasteiger partial charge in [0.25, 0.3) is 0 Å². The monoisotopic (exact) mass is 223 g/mol. The van der Waals surface area contributed by atoms with Crippen LogP contribution in [0.5, 0.6) is 0 Å². The number of carbonyl (C=O) groups excluding carboxylic acids is 1. The van der Waals surface area contributed by atoms with Crippen molar-refractivity contribution >= 4 is 6.03 Å². The van der Waals surface area contributed by atoms with Crippen LogP contribution < -0.4 is 10.6 Å². The number of carbonyl (C=O) groups is 1. The molecule has 2 amide bonds. The van der Waals surface area contributed by atoms with E-state index >= 15 is 0 Å². The van der Waals surface area contributed by atoms with Crippen molar-refractivity contribution < 1.29 is 4.79 Å². The summed E-state index contributed by atoms with van der Waals surface area (Å²) >= 11 is 0. The molecule has 88 valence electrons. The minimum absolute atomic E-state index is 0.0827. The van der Waals surface area contributed by atoms with Gasteiger partial charge in [-0.3, -0.25) is 4.68 Å². The number of rotatable bonds is 4. The van der Waals surface area contributed by atoms with Gasteiger partial charge in [-0.25, -0.2) is 9.78 Å². The van der Waals surface area contributed by atoms with E-state index in [9.17, 15) is 4.79 Å². The first kappa shape index (κ1) is 10.9. The first-order chi connectivity index (χ1) is 7.74. The van der Waals surface area contributed by atoms with Crippen LogP contribution >= 0.6 is 0 Å². The van der Waals surface area contributed by atoms with E-state index in [1.54, 1.807) is 11.0 Å². The predicted molar refractivity (Wildman–Crippen MR) is 58.9 cm³/mol. The molecular weight excluding hydrogens is 206 g/mol. The van der Waals surface area contributed by atoms with Crippen molar-refractivity contribution in [2.24, 2.45) is 7.05 Å². The van der Waals surface area contributed by atoms with E-state index in [0.29, 0.717) is 19.0 Å². The van der Waals surface area contributed by atoms with E-state index in [-0.39, 0.29) is 6.03 Å². The summed E-state index contributed by atoms with van der Waals surface area (Å²) in [4.78, 5) is 15.5. The van der Waals surface area contributed by atoms with Crippen molar-refractivity contribution in [3.05, 3.63) is 12.2 Å². The lowest BCUT2D eigenvalue weighted by Crippen LogP contribution is -2.45. The second-order valence-corrected chi connectivity index (χ2v) is 4.11. The minimum atomic E-state index is -0.0827. The highest BCUT2D eigenvalue weighted by molar-refractivity contribution is 5.74. The fourth-order valence-corrected chi connectivity index (χ4v) is 1.58. The highest BCUT2D eigenvalue weighted by Gasteiger charge is 2.18. The zero-order valence-corrected chi connectivity index (χ0v) is 9.44. The van der Waals surface area contributed by atoms with E-state index in [2.05, 4.69) is 20.7 Å². The molecule has 0 aliphatic heterocycles. The van der Waals surface area contributed by atoms with Crippen molar-refractivity contribution in [2.75, 3.05) is 6.54 Å². The summed E-state index contributed by atoms with van der Waals surface area (Å²) in [7, 11) is 1.83. The zero-order valence-electron chi connectivity index (χ0n) is 9.44. The maximum Gasteiger partial charge on any atom is 0.315 e. The number of hydrogen-bond acceptors (Lipinski definition) is 3. The summed E-state index contributed by atoms with van der Waals surface area (Å²) in [5.74, 6) is 0.756. The van der Waals surface area contributed by atoms with Crippen LogP contribution in [0.4, 0.5) is 4.79 Å². The summed E-state index contributed by atoms with van der Waals surface area (Å²) in [5, 5.41) is 9.84. The van der Waals surface area contributed by atoms with Crippen LogP contribution in [0.1, 0.15) is 25.1 Å². The van der Waals surface area contributed by atoms with Crippen molar-refractivity contribution in [1.29, 1.82) is 0 Å². The van der Waals surface area contributed by atoms with Gasteiger partial charge in [0.1, 0.15) is 6.33 Å². The first-order valence-corrected chi connectivity index (χ1v) is 5.63. The molecule has 0 spiro atoms. The highest BCUT2D eigenvalue weighted by Crippen LogP contribution is 2.17. The Morgan fingerprint density at radius 1 is 1.62 bits per heavy atom. The van der Waals surface area contributed by atoms with Gasteiger partial charge in [0.2, 0.25) is 0 Å². The Bertz CT molecular complexity index is 358. The maximum absolute atomic E-state index is 11.4. The van der Waals surface area contributed by atoms with Gasteiger partial charge >= 0.3 is 6.03 Å². The number of amides is 2. The summed E-state index contributed by atoms with van der Waals surface area (Å²) < 4.78 is 1.66. The van der Waals surface area contributed by atoms with Crippen LogP contribution in [0, 0.1) is 0 Å². The smallest absolute Gasteiger partial charge is 0.315 e. The van der Waals surface area contributed by atoms with Gasteiger partial charge in [-0.1, -0.05) is 0 Å². The first-order valence-electron chi connectivity index (χ1n) is 5.63. The highest BCUT2D eigenvalue weighted by atomic mass is 16.2. The van der Waals surface area contributed by atoms with Gasteiger partial charge in [-0.15, -0.1) is 0 Å². The third-order valence-electron chi connectivity index (χ3n) is 2.72. The Kier molecular flexibility index (Phi) is 3.38. The maximum atomic E-state index is 11.4. The van der Waals surface area contributed by atoms with Gasteiger partial charge in [0, 0.05) is 26.1 Å². The lowest BCUT2D eigenvalue weighted by atomic mass is 9.93. The van der Waals surface area contributed by atoms with Crippen molar-refractivity contribution in [3.8, 4) is 0 Å². The normalized spacial score (nSPS) is 15.6. The molecule has 0 radical (unpaired) electrons. The van der Waals surface area contributed by atoms with E-state index in [0.717, 1.165) is 18.7 Å². The molecule has 1 aliphatic carbocycles. The lowest BCUT2D eigenvalue weighted by molar-refractivity contribution is 0.228. The third-order valence-corrected chi connectivity index (χ3v) is 2.72.